The second kappa shape index (κ2) is 5.56. The molecule has 1 aromatic rings. The van der Waals surface area contributed by atoms with E-state index in [1.165, 1.54) is 6.26 Å². The first kappa shape index (κ1) is 11.8. The van der Waals surface area contributed by atoms with Gasteiger partial charge in [0.25, 0.3) is 5.91 Å². The van der Waals surface area contributed by atoms with Gasteiger partial charge in [-0.1, -0.05) is 6.92 Å². The molecule has 1 rings (SSSR count). The van der Waals surface area contributed by atoms with Crippen molar-refractivity contribution in [2.45, 2.75) is 32.7 Å². The molecule has 0 aliphatic rings. The number of hydrogen-bond acceptors (Lipinski definition) is 3. The number of carbonyl (C=O) groups excluding carboxylic acids is 1. The molecule has 0 saturated carbocycles. The highest BCUT2D eigenvalue weighted by atomic mass is 16.3. The number of amides is 1. The van der Waals surface area contributed by atoms with E-state index in [9.17, 15) is 4.79 Å². The van der Waals surface area contributed by atoms with E-state index in [0.717, 1.165) is 12.0 Å². The van der Waals surface area contributed by atoms with Gasteiger partial charge in [-0.25, -0.2) is 0 Å². The van der Waals surface area contributed by atoms with Crippen molar-refractivity contribution in [1.29, 1.82) is 0 Å². The zero-order chi connectivity index (χ0) is 11.3. The number of furan rings is 1. The Balaban J connectivity index is 2.58. The molecule has 0 aliphatic carbocycles. The fourth-order valence-corrected chi connectivity index (χ4v) is 1.39. The predicted octanol–water partition coefficient (Wildman–Crippen LogP) is 1.48. The number of rotatable bonds is 5. The average Bonchev–Trinajstić information content (AvgIpc) is 2.63. The van der Waals surface area contributed by atoms with E-state index < -0.39 is 0 Å². The number of aryl methyl sites for hydroxylation is 1. The molecule has 84 valence electrons. The van der Waals surface area contributed by atoms with Crippen LogP contribution in [0.4, 0.5) is 0 Å². The molecule has 0 aliphatic heterocycles. The van der Waals surface area contributed by atoms with Gasteiger partial charge < -0.3 is 14.8 Å². The summed E-state index contributed by atoms with van der Waals surface area (Å²) >= 11 is 0. The summed E-state index contributed by atoms with van der Waals surface area (Å²) < 4.78 is 5.08. The third kappa shape index (κ3) is 3.09. The van der Waals surface area contributed by atoms with Gasteiger partial charge in [-0.3, -0.25) is 4.79 Å². The van der Waals surface area contributed by atoms with Crippen molar-refractivity contribution < 1.29 is 14.3 Å². The Morgan fingerprint density at radius 3 is 2.87 bits per heavy atom. The molecule has 0 radical (unpaired) electrons. The molecule has 1 amide bonds. The maximum atomic E-state index is 11.7. The Morgan fingerprint density at radius 2 is 2.40 bits per heavy atom. The summed E-state index contributed by atoms with van der Waals surface area (Å²) in [7, 11) is 0. The lowest BCUT2D eigenvalue weighted by Crippen LogP contribution is -2.35. The zero-order valence-electron chi connectivity index (χ0n) is 9.12. The van der Waals surface area contributed by atoms with Crippen LogP contribution in [0.5, 0.6) is 0 Å². The van der Waals surface area contributed by atoms with Gasteiger partial charge in [0.05, 0.1) is 6.26 Å². The van der Waals surface area contributed by atoms with Gasteiger partial charge >= 0.3 is 0 Å². The monoisotopic (exact) mass is 211 g/mol. The summed E-state index contributed by atoms with van der Waals surface area (Å²) in [4.78, 5) is 11.7. The SMILES string of the molecule is CCC(CCO)NC(=O)c1occc1C. The highest BCUT2D eigenvalue weighted by Crippen LogP contribution is 2.09. The van der Waals surface area contributed by atoms with Crippen LogP contribution in [-0.2, 0) is 0 Å². The van der Waals surface area contributed by atoms with Crippen molar-refractivity contribution in [2.24, 2.45) is 0 Å². The van der Waals surface area contributed by atoms with Gasteiger partial charge in [0.2, 0.25) is 0 Å². The molecule has 2 N–H and O–H groups in total. The Bertz CT molecular complexity index is 319. The minimum absolute atomic E-state index is 0.00648. The Kier molecular flexibility index (Phi) is 4.37. The Morgan fingerprint density at radius 1 is 1.67 bits per heavy atom. The maximum Gasteiger partial charge on any atom is 0.287 e. The molecule has 1 atom stereocenters. The zero-order valence-corrected chi connectivity index (χ0v) is 9.12. The molecule has 15 heavy (non-hydrogen) atoms. The van der Waals surface area contributed by atoms with Crippen molar-refractivity contribution in [2.75, 3.05) is 6.61 Å². The average molecular weight is 211 g/mol. The number of carbonyl (C=O) groups is 1. The van der Waals surface area contributed by atoms with E-state index in [2.05, 4.69) is 5.32 Å². The lowest BCUT2D eigenvalue weighted by atomic mass is 10.1. The van der Waals surface area contributed by atoms with Crippen LogP contribution in [0.2, 0.25) is 0 Å². The van der Waals surface area contributed by atoms with Crippen molar-refractivity contribution in [3.63, 3.8) is 0 Å². The number of hydrogen-bond donors (Lipinski definition) is 2. The highest BCUT2D eigenvalue weighted by Gasteiger charge is 2.15. The molecule has 0 fully saturated rings. The van der Waals surface area contributed by atoms with Crippen LogP contribution < -0.4 is 5.32 Å². The number of nitrogens with one attached hydrogen (secondary N) is 1. The van der Waals surface area contributed by atoms with E-state index in [4.69, 9.17) is 9.52 Å². The van der Waals surface area contributed by atoms with E-state index in [1.54, 1.807) is 6.07 Å². The molecular weight excluding hydrogens is 194 g/mol. The third-order valence-corrected chi connectivity index (χ3v) is 2.37. The largest absolute Gasteiger partial charge is 0.459 e. The van der Waals surface area contributed by atoms with Crippen LogP contribution >= 0.6 is 0 Å². The maximum absolute atomic E-state index is 11.7. The third-order valence-electron chi connectivity index (χ3n) is 2.37. The van der Waals surface area contributed by atoms with Crippen LogP contribution in [0.25, 0.3) is 0 Å². The molecule has 0 saturated heterocycles. The summed E-state index contributed by atoms with van der Waals surface area (Å²) in [6.07, 6.45) is 2.87. The van der Waals surface area contributed by atoms with Gasteiger partial charge in [-0.05, 0) is 25.8 Å². The lowest BCUT2D eigenvalue weighted by Gasteiger charge is -2.14. The molecule has 1 aromatic heterocycles. The first-order valence-corrected chi connectivity index (χ1v) is 5.14. The molecule has 1 heterocycles. The molecule has 4 nitrogen and oxygen atoms in total. The van der Waals surface area contributed by atoms with Crippen LogP contribution in [0.15, 0.2) is 16.7 Å². The smallest absolute Gasteiger partial charge is 0.287 e. The second-order valence-corrected chi connectivity index (χ2v) is 3.52. The summed E-state index contributed by atoms with van der Waals surface area (Å²) in [6.45, 7) is 3.87. The van der Waals surface area contributed by atoms with Gasteiger partial charge in [-0.15, -0.1) is 0 Å². The Hall–Kier alpha value is -1.29. The van der Waals surface area contributed by atoms with Gasteiger partial charge in [0.15, 0.2) is 5.76 Å². The fraction of sp³-hybridized carbons (Fsp3) is 0.545. The predicted molar refractivity (Wildman–Crippen MR) is 56.7 cm³/mol. The summed E-state index contributed by atoms with van der Waals surface area (Å²) in [5.74, 6) is 0.143. The van der Waals surface area contributed by atoms with E-state index in [-0.39, 0.29) is 18.6 Å². The molecule has 0 aromatic carbocycles. The van der Waals surface area contributed by atoms with Crippen molar-refractivity contribution in [1.82, 2.24) is 5.32 Å². The van der Waals surface area contributed by atoms with Crippen molar-refractivity contribution in [3.05, 3.63) is 23.7 Å². The minimum atomic E-state index is -0.210. The van der Waals surface area contributed by atoms with Crippen molar-refractivity contribution >= 4 is 5.91 Å². The molecule has 4 heteroatoms. The number of aliphatic hydroxyl groups is 1. The number of aliphatic hydroxyl groups excluding tert-OH is 1. The topological polar surface area (TPSA) is 62.5 Å². The van der Waals surface area contributed by atoms with Crippen LogP contribution in [-0.4, -0.2) is 23.7 Å². The van der Waals surface area contributed by atoms with Crippen molar-refractivity contribution in [3.8, 4) is 0 Å². The van der Waals surface area contributed by atoms with E-state index >= 15 is 0 Å². The molecule has 1 unspecified atom stereocenters. The molecular formula is C11H17NO3. The summed E-state index contributed by atoms with van der Waals surface area (Å²) in [5.41, 5.74) is 0.825. The first-order valence-electron chi connectivity index (χ1n) is 5.14. The Labute approximate surface area is 89.3 Å². The van der Waals surface area contributed by atoms with Gasteiger partial charge in [0.1, 0.15) is 0 Å². The van der Waals surface area contributed by atoms with Gasteiger partial charge in [0, 0.05) is 18.2 Å². The van der Waals surface area contributed by atoms with Crippen LogP contribution in [0, 0.1) is 6.92 Å². The van der Waals surface area contributed by atoms with Crippen LogP contribution in [0.1, 0.15) is 35.9 Å². The molecule has 0 bridgehead atoms. The van der Waals surface area contributed by atoms with E-state index in [0.29, 0.717) is 12.2 Å². The summed E-state index contributed by atoms with van der Waals surface area (Å²) in [6, 6.07) is 1.76. The molecule has 0 spiro atoms. The lowest BCUT2D eigenvalue weighted by molar-refractivity contribution is 0.0900. The minimum Gasteiger partial charge on any atom is -0.459 e. The standard InChI is InChI=1S/C11H17NO3/c1-3-9(4-6-13)12-11(14)10-8(2)5-7-15-10/h5,7,9,13H,3-4,6H2,1-2H3,(H,12,14). The quantitative estimate of drug-likeness (QED) is 0.775. The second-order valence-electron chi connectivity index (χ2n) is 3.52. The highest BCUT2D eigenvalue weighted by molar-refractivity contribution is 5.92. The van der Waals surface area contributed by atoms with E-state index in [1.807, 2.05) is 13.8 Å². The summed E-state index contributed by atoms with van der Waals surface area (Å²) in [5, 5.41) is 11.6. The first-order chi connectivity index (χ1) is 7.19. The fourth-order valence-electron chi connectivity index (χ4n) is 1.39. The normalized spacial score (nSPS) is 12.5. The van der Waals surface area contributed by atoms with Crippen LogP contribution in [0.3, 0.4) is 0 Å². The van der Waals surface area contributed by atoms with Gasteiger partial charge in [-0.2, -0.15) is 0 Å².